The summed E-state index contributed by atoms with van der Waals surface area (Å²) in [6.07, 6.45) is 0.822. The Balaban J connectivity index is 1.77. The Labute approximate surface area is 201 Å². The zero-order chi connectivity index (χ0) is 23.1. The van der Waals surface area contributed by atoms with E-state index in [1.807, 2.05) is 55.5 Å². The molecule has 3 rings (SSSR count). The Hall–Kier alpha value is -2.57. The fourth-order valence-corrected chi connectivity index (χ4v) is 4.05. The molecule has 2 amide bonds. The maximum absolute atomic E-state index is 13.2. The molecule has 0 spiro atoms. The lowest BCUT2D eigenvalue weighted by molar-refractivity contribution is -0.142. The van der Waals surface area contributed by atoms with Gasteiger partial charge >= 0.3 is 0 Å². The van der Waals surface area contributed by atoms with E-state index in [2.05, 4.69) is 21.2 Å². The molecule has 0 radical (unpaired) electrons. The van der Waals surface area contributed by atoms with Gasteiger partial charge in [0.05, 0.1) is 4.47 Å². The van der Waals surface area contributed by atoms with Gasteiger partial charge in [0, 0.05) is 18.1 Å². The lowest BCUT2D eigenvalue weighted by Crippen LogP contribution is -2.49. The van der Waals surface area contributed by atoms with Gasteiger partial charge in [0.25, 0.3) is 5.91 Å². The fourth-order valence-electron chi connectivity index (χ4n) is 3.31. The van der Waals surface area contributed by atoms with E-state index in [4.69, 9.17) is 16.3 Å². The lowest BCUT2D eigenvalue weighted by Gasteiger charge is -2.29. The van der Waals surface area contributed by atoms with Gasteiger partial charge in [-0.3, -0.25) is 9.59 Å². The number of rotatable bonds is 9. The van der Waals surface area contributed by atoms with Crippen LogP contribution in [0.4, 0.5) is 0 Å². The lowest BCUT2D eigenvalue weighted by atomic mass is 10.1. The van der Waals surface area contributed by atoms with Crippen molar-refractivity contribution in [3.63, 3.8) is 0 Å². The molecular formula is C25H26BrClN2O3. The molecule has 0 aliphatic carbocycles. The average Bonchev–Trinajstić information content (AvgIpc) is 2.81. The molecule has 1 atom stereocenters. The van der Waals surface area contributed by atoms with Crippen LogP contribution >= 0.6 is 27.5 Å². The van der Waals surface area contributed by atoms with Gasteiger partial charge in [0.15, 0.2) is 6.61 Å². The number of hydrogen-bond donors (Lipinski definition) is 1. The van der Waals surface area contributed by atoms with Gasteiger partial charge in [-0.15, -0.1) is 0 Å². The van der Waals surface area contributed by atoms with E-state index < -0.39 is 6.04 Å². The second-order valence-corrected chi connectivity index (χ2v) is 8.73. The van der Waals surface area contributed by atoms with E-state index in [9.17, 15) is 9.59 Å². The number of fused-ring (bicyclic) bond motifs is 1. The topological polar surface area (TPSA) is 58.6 Å². The predicted octanol–water partition coefficient (Wildman–Crippen LogP) is 5.58. The SMILES string of the molecule is CCCNC(=O)C(C)N(Cc1ccc(Cl)cc1)C(=O)COc1ccc2ccccc2c1Br. The van der Waals surface area contributed by atoms with E-state index in [1.165, 1.54) is 4.90 Å². The Morgan fingerprint density at radius 2 is 1.81 bits per heavy atom. The van der Waals surface area contributed by atoms with Crippen molar-refractivity contribution in [3.05, 3.63) is 75.7 Å². The zero-order valence-electron chi connectivity index (χ0n) is 18.1. The number of hydrogen-bond acceptors (Lipinski definition) is 3. The van der Waals surface area contributed by atoms with Crippen LogP contribution in [0.2, 0.25) is 5.02 Å². The number of amides is 2. The summed E-state index contributed by atoms with van der Waals surface area (Å²) in [5.74, 6) is 0.104. The molecule has 1 N–H and O–H groups in total. The van der Waals surface area contributed by atoms with Gasteiger partial charge in [-0.1, -0.05) is 61.0 Å². The molecule has 7 heteroatoms. The Kier molecular flexibility index (Phi) is 8.53. The summed E-state index contributed by atoms with van der Waals surface area (Å²) < 4.78 is 6.66. The van der Waals surface area contributed by atoms with Crippen LogP contribution in [0.15, 0.2) is 65.1 Å². The molecule has 0 heterocycles. The molecule has 168 valence electrons. The normalized spacial score (nSPS) is 11.8. The van der Waals surface area contributed by atoms with Crippen LogP contribution in [0.5, 0.6) is 5.75 Å². The third-order valence-electron chi connectivity index (χ3n) is 5.16. The van der Waals surface area contributed by atoms with Crippen molar-refractivity contribution in [2.24, 2.45) is 0 Å². The summed E-state index contributed by atoms with van der Waals surface area (Å²) in [5.41, 5.74) is 0.879. The Morgan fingerprint density at radius 3 is 2.53 bits per heavy atom. The highest BCUT2D eigenvalue weighted by atomic mass is 79.9. The van der Waals surface area contributed by atoms with E-state index in [0.717, 1.165) is 27.2 Å². The smallest absolute Gasteiger partial charge is 0.261 e. The third kappa shape index (κ3) is 6.02. The second kappa shape index (κ2) is 11.3. The molecule has 3 aromatic carbocycles. The van der Waals surface area contributed by atoms with Gasteiger partial charge in [-0.25, -0.2) is 0 Å². The van der Waals surface area contributed by atoms with Crippen LogP contribution in [-0.4, -0.2) is 35.9 Å². The van der Waals surface area contributed by atoms with Crippen LogP contribution in [-0.2, 0) is 16.1 Å². The first-order valence-electron chi connectivity index (χ1n) is 10.5. The molecule has 0 bridgehead atoms. The van der Waals surface area contributed by atoms with Crippen molar-refractivity contribution in [2.45, 2.75) is 32.9 Å². The van der Waals surface area contributed by atoms with Crippen LogP contribution in [0.25, 0.3) is 10.8 Å². The number of ether oxygens (including phenoxy) is 1. The number of benzene rings is 3. The van der Waals surface area contributed by atoms with Crippen molar-refractivity contribution in [3.8, 4) is 5.75 Å². The molecular weight excluding hydrogens is 492 g/mol. The van der Waals surface area contributed by atoms with Crippen LogP contribution in [0, 0.1) is 0 Å². The quantitative estimate of drug-likeness (QED) is 0.403. The van der Waals surface area contributed by atoms with Crippen LogP contribution in [0.3, 0.4) is 0 Å². The standard InChI is InChI=1S/C25H26BrClN2O3/c1-3-14-28-25(31)17(2)29(15-18-8-11-20(27)12-9-18)23(30)16-32-22-13-10-19-6-4-5-7-21(19)24(22)26/h4-13,17H,3,14-16H2,1-2H3,(H,28,31). The van der Waals surface area contributed by atoms with Crippen molar-refractivity contribution >= 4 is 50.1 Å². The molecule has 0 saturated heterocycles. The van der Waals surface area contributed by atoms with E-state index in [1.54, 1.807) is 19.1 Å². The molecule has 0 fully saturated rings. The molecule has 0 aliphatic heterocycles. The van der Waals surface area contributed by atoms with Gasteiger partial charge in [-0.2, -0.15) is 0 Å². The summed E-state index contributed by atoms with van der Waals surface area (Å²) in [7, 11) is 0. The van der Waals surface area contributed by atoms with Gasteiger partial charge in [-0.05, 0) is 63.8 Å². The molecule has 0 aliphatic rings. The average molecular weight is 518 g/mol. The second-order valence-electron chi connectivity index (χ2n) is 7.50. The van der Waals surface area contributed by atoms with Crippen molar-refractivity contribution < 1.29 is 14.3 Å². The van der Waals surface area contributed by atoms with Gasteiger partial charge < -0.3 is 15.0 Å². The minimum absolute atomic E-state index is 0.185. The monoisotopic (exact) mass is 516 g/mol. The van der Waals surface area contributed by atoms with Crippen LogP contribution < -0.4 is 10.1 Å². The molecule has 3 aromatic rings. The summed E-state index contributed by atoms with van der Waals surface area (Å²) in [4.78, 5) is 27.3. The molecule has 0 saturated carbocycles. The number of carbonyl (C=O) groups is 2. The summed E-state index contributed by atoms with van der Waals surface area (Å²) in [6, 6.07) is 18.3. The number of nitrogens with zero attached hydrogens (tertiary/aromatic N) is 1. The Bertz CT molecular complexity index is 1090. The maximum atomic E-state index is 13.2. The summed E-state index contributed by atoms with van der Waals surface area (Å²) >= 11 is 9.57. The first-order valence-corrected chi connectivity index (χ1v) is 11.7. The maximum Gasteiger partial charge on any atom is 0.261 e. The summed E-state index contributed by atoms with van der Waals surface area (Å²) in [5, 5.41) is 5.55. The van der Waals surface area contributed by atoms with E-state index in [-0.39, 0.29) is 25.0 Å². The van der Waals surface area contributed by atoms with Crippen LogP contribution in [0.1, 0.15) is 25.8 Å². The third-order valence-corrected chi connectivity index (χ3v) is 6.23. The highest BCUT2D eigenvalue weighted by Gasteiger charge is 2.26. The molecule has 1 unspecified atom stereocenters. The van der Waals surface area contributed by atoms with Crippen molar-refractivity contribution in [1.82, 2.24) is 10.2 Å². The number of halogens is 2. The largest absolute Gasteiger partial charge is 0.483 e. The van der Waals surface area contributed by atoms with Gasteiger partial charge in [0.1, 0.15) is 11.8 Å². The minimum atomic E-state index is -0.645. The first-order chi connectivity index (χ1) is 15.4. The summed E-state index contributed by atoms with van der Waals surface area (Å²) in [6.45, 7) is 4.36. The first kappa shape index (κ1) is 24.1. The van der Waals surface area contributed by atoms with Crippen molar-refractivity contribution in [2.75, 3.05) is 13.2 Å². The minimum Gasteiger partial charge on any atom is -0.483 e. The van der Waals surface area contributed by atoms with Gasteiger partial charge in [0.2, 0.25) is 5.91 Å². The number of nitrogens with one attached hydrogen (secondary N) is 1. The highest BCUT2D eigenvalue weighted by molar-refractivity contribution is 9.10. The molecule has 0 aromatic heterocycles. The predicted molar refractivity (Wildman–Crippen MR) is 132 cm³/mol. The highest BCUT2D eigenvalue weighted by Crippen LogP contribution is 2.33. The van der Waals surface area contributed by atoms with E-state index >= 15 is 0 Å². The Morgan fingerprint density at radius 1 is 1.09 bits per heavy atom. The molecule has 5 nitrogen and oxygen atoms in total. The molecule has 32 heavy (non-hydrogen) atoms. The zero-order valence-corrected chi connectivity index (χ0v) is 20.4. The van der Waals surface area contributed by atoms with Crippen molar-refractivity contribution in [1.29, 1.82) is 0 Å². The fraction of sp³-hybridized carbons (Fsp3) is 0.280. The number of carbonyl (C=O) groups excluding carboxylic acids is 2. The van der Waals surface area contributed by atoms with E-state index in [0.29, 0.717) is 17.3 Å².